The topological polar surface area (TPSA) is 78.4 Å². The number of benzene rings is 1. The van der Waals surface area contributed by atoms with Crippen LogP contribution >= 0.6 is 0 Å². The molecule has 1 fully saturated rings. The number of pyridine rings is 2. The minimum absolute atomic E-state index is 0.0153. The standard InChI is InChI=1S/C25H21F4N5O2/c1-13-5-6-15(8-17(13)26)31-20(35)10-34-18-9-19(33-11-25(28,29)12-33)32-23(27)21(18)16-4-3-7-30-22(16)14(2)24(34)36/h3-9,14H,10-12H2,1-2H3,(H,31,35). The predicted molar refractivity (Wildman–Crippen MR) is 125 cm³/mol. The zero-order valence-corrected chi connectivity index (χ0v) is 19.4. The van der Waals surface area contributed by atoms with Gasteiger partial charge in [-0.3, -0.25) is 14.6 Å². The highest BCUT2D eigenvalue weighted by molar-refractivity contribution is 6.09. The minimum atomic E-state index is -2.92. The van der Waals surface area contributed by atoms with Gasteiger partial charge in [-0.15, -0.1) is 0 Å². The van der Waals surface area contributed by atoms with Gasteiger partial charge < -0.3 is 15.1 Å². The summed E-state index contributed by atoms with van der Waals surface area (Å²) in [5.41, 5.74) is 1.17. The van der Waals surface area contributed by atoms with Crippen LogP contribution in [0.2, 0.25) is 0 Å². The molecule has 0 spiro atoms. The molecular weight excluding hydrogens is 478 g/mol. The summed E-state index contributed by atoms with van der Waals surface area (Å²) >= 11 is 0. The third kappa shape index (κ3) is 4.14. The molecule has 0 bridgehead atoms. The van der Waals surface area contributed by atoms with E-state index in [2.05, 4.69) is 15.3 Å². The molecule has 2 aliphatic heterocycles. The van der Waals surface area contributed by atoms with Crippen LogP contribution in [0, 0.1) is 18.7 Å². The highest BCUT2D eigenvalue weighted by atomic mass is 19.3. The molecular formula is C25H21F4N5O2. The van der Waals surface area contributed by atoms with Gasteiger partial charge >= 0.3 is 0 Å². The van der Waals surface area contributed by atoms with Crippen LogP contribution < -0.4 is 15.1 Å². The third-order valence-electron chi connectivity index (χ3n) is 6.31. The second kappa shape index (κ2) is 8.58. The van der Waals surface area contributed by atoms with Crippen LogP contribution in [0.15, 0.2) is 42.6 Å². The van der Waals surface area contributed by atoms with Gasteiger partial charge in [0.15, 0.2) is 0 Å². The highest BCUT2D eigenvalue weighted by Gasteiger charge is 2.45. The SMILES string of the molecule is Cc1ccc(NC(=O)CN2C(=O)C(C)c3ncccc3-c3c2cc(N2CC(F)(F)C2)nc3F)cc1F. The zero-order chi connectivity index (χ0) is 25.8. The monoisotopic (exact) mass is 499 g/mol. The van der Waals surface area contributed by atoms with Gasteiger partial charge in [0.25, 0.3) is 5.92 Å². The number of hydrogen-bond donors (Lipinski definition) is 1. The maximum Gasteiger partial charge on any atom is 0.282 e. The van der Waals surface area contributed by atoms with E-state index < -0.39 is 55.1 Å². The number of anilines is 3. The van der Waals surface area contributed by atoms with Gasteiger partial charge in [-0.1, -0.05) is 12.1 Å². The number of nitrogens with one attached hydrogen (secondary N) is 1. The van der Waals surface area contributed by atoms with Crippen molar-refractivity contribution in [2.45, 2.75) is 25.7 Å². The third-order valence-corrected chi connectivity index (χ3v) is 6.31. The first-order valence-corrected chi connectivity index (χ1v) is 11.2. The quantitative estimate of drug-likeness (QED) is 0.429. The molecule has 2 aliphatic rings. The number of halogens is 4. The lowest BCUT2D eigenvalue weighted by atomic mass is 9.98. The largest absolute Gasteiger partial charge is 0.344 e. The molecule has 186 valence electrons. The van der Waals surface area contributed by atoms with Gasteiger partial charge in [0.05, 0.1) is 36.0 Å². The molecule has 1 unspecified atom stereocenters. The maximum atomic E-state index is 15.5. The van der Waals surface area contributed by atoms with E-state index in [9.17, 15) is 22.8 Å². The molecule has 1 atom stereocenters. The first-order chi connectivity index (χ1) is 17.0. The average molecular weight is 499 g/mol. The van der Waals surface area contributed by atoms with Gasteiger partial charge in [-0.2, -0.15) is 4.39 Å². The van der Waals surface area contributed by atoms with E-state index in [0.717, 1.165) is 11.0 Å². The molecule has 4 heterocycles. The van der Waals surface area contributed by atoms with E-state index in [1.807, 2.05) is 0 Å². The summed E-state index contributed by atoms with van der Waals surface area (Å²) in [6.45, 7) is 1.36. The van der Waals surface area contributed by atoms with Crippen molar-refractivity contribution in [2.24, 2.45) is 0 Å². The van der Waals surface area contributed by atoms with E-state index >= 15 is 4.39 Å². The number of nitrogens with zero attached hydrogens (tertiary/aromatic N) is 4. The molecule has 36 heavy (non-hydrogen) atoms. The van der Waals surface area contributed by atoms with Crippen molar-refractivity contribution in [1.29, 1.82) is 0 Å². The van der Waals surface area contributed by atoms with Crippen molar-refractivity contribution < 1.29 is 27.2 Å². The Labute approximate surface area is 203 Å². The van der Waals surface area contributed by atoms with Gasteiger partial charge in [0.1, 0.15) is 18.2 Å². The number of rotatable bonds is 4. The van der Waals surface area contributed by atoms with E-state index in [-0.39, 0.29) is 22.8 Å². The maximum absolute atomic E-state index is 15.5. The number of carbonyl (C=O) groups is 2. The van der Waals surface area contributed by atoms with Crippen LogP contribution in [0.25, 0.3) is 11.1 Å². The number of amides is 2. The highest BCUT2D eigenvalue weighted by Crippen LogP contribution is 2.43. The lowest BCUT2D eigenvalue weighted by Gasteiger charge is -2.40. The minimum Gasteiger partial charge on any atom is -0.344 e. The first kappa shape index (κ1) is 23.7. The smallest absolute Gasteiger partial charge is 0.282 e. The Bertz CT molecular complexity index is 1390. The molecule has 1 N–H and O–H groups in total. The van der Waals surface area contributed by atoms with Crippen molar-refractivity contribution in [1.82, 2.24) is 9.97 Å². The van der Waals surface area contributed by atoms with Crippen molar-refractivity contribution in [2.75, 3.05) is 34.8 Å². The Morgan fingerprint density at radius 2 is 1.94 bits per heavy atom. The molecule has 0 aliphatic carbocycles. The summed E-state index contributed by atoms with van der Waals surface area (Å²) in [5.74, 6) is -6.51. The summed E-state index contributed by atoms with van der Waals surface area (Å²) in [4.78, 5) is 36.9. The molecule has 5 rings (SSSR count). The number of fused-ring (bicyclic) bond motifs is 3. The second-order valence-corrected chi connectivity index (χ2v) is 8.97. The lowest BCUT2D eigenvalue weighted by molar-refractivity contribution is -0.122. The fourth-order valence-corrected chi connectivity index (χ4v) is 4.41. The van der Waals surface area contributed by atoms with Crippen LogP contribution in [-0.2, 0) is 9.59 Å². The average Bonchev–Trinajstić information content (AvgIpc) is 2.89. The fourth-order valence-electron chi connectivity index (χ4n) is 4.41. The van der Waals surface area contributed by atoms with Crippen molar-refractivity contribution >= 4 is 29.0 Å². The number of carbonyl (C=O) groups excluding carboxylic acids is 2. The molecule has 3 aromatic rings. The predicted octanol–water partition coefficient (Wildman–Crippen LogP) is 4.27. The Morgan fingerprint density at radius 3 is 2.64 bits per heavy atom. The fraction of sp³-hybridized carbons (Fsp3) is 0.280. The molecule has 0 radical (unpaired) electrons. The van der Waals surface area contributed by atoms with Crippen LogP contribution in [0.5, 0.6) is 0 Å². The number of aryl methyl sites for hydroxylation is 1. The summed E-state index contributed by atoms with van der Waals surface area (Å²) in [6, 6.07) is 8.67. The summed E-state index contributed by atoms with van der Waals surface area (Å²) in [7, 11) is 0. The Morgan fingerprint density at radius 1 is 1.19 bits per heavy atom. The molecule has 0 saturated carbocycles. The first-order valence-electron chi connectivity index (χ1n) is 11.2. The van der Waals surface area contributed by atoms with E-state index in [0.29, 0.717) is 16.8 Å². The zero-order valence-electron chi connectivity index (χ0n) is 19.4. The Kier molecular flexibility index (Phi) is 5.65. The van der Waals surface area contributed by atoms with Gasteiger partial charge in [-0.05, 0) is 37.6 Å². The molecule has 1 saturated heterocycles. The van der Waals surface area contributed by atoms with Crippen LogP contribution in [0.3, 0.4) is 0 Å². The van der Waals surface area contributed by atoms with Crippen molar-refractivity contribution in [3.8, 4) is 11.1 Å². The molecule has 2 aromatic heterocycles. The molecule has 2 amide bonds. The number of alkyl halides is 2. The molecule has 1 aromatic carbocycles. The van der Waals surface area contributed by atoms with Crippen LogP contribution in [0.4, 0.5) is 34.8 Å². The summed E-state index contributed by atoms with van der Waals surface area (Å²) < 4.78 is 56.4. The number of aromatic nitrogens is 2. The van der Waals surface area contributed by atoms with Crippen molar-refractivity contribution in [3.63, 3.8) is 0 Å². The van der Waals surface area contributed by atoms with Crippen LogP contribution in [0.1, 0.15) is 24.1 Å². The lowest BCUT2D eigenvalue weighted by Crippen LogP contribution is -2.56. The second-order valence-electron chi connectivity index (χ2n) is 8.97. The molecule has 7 nitrogen and oxygen atoms in total. The van der Waals surface area contributed by atoms with E-state index in [4.69, 9.17) is 0 Å². The van der Waals surface area contributed by atoms with Gasteiger partial charge in [0, 0.05) is 23.5 Å². The van der Waals surface area contributed by atoms with E-state index in [1.165, 1.54) is 29.3 Å². The Hall–Kier alpha value is -4.02. The summed E-state index contributed by atoms with van der Waals surface area (Å²) in [5, 5.41) is 2.54. The van der Waals surface area contributed by atoms with Crippen LogP contribution in [-0.4, -0.2) is 47.3 Å². The van der Waals surface area contributed by atoms with Gasteiger partial charge in [0.2, 0.25) is 17.8 Å². The number of hydrogen-bond acceptors (Lipinski definition) is 5. The Balaban J connectivity index is 1.56. The van der Waals surface area contributed by atoms with E-state index in [1.54, 1.807) is 26.0 Å². The van der Waals surface area contributed by atoms with Crippen molar-refractivity contribution in [3.05, 3.63) is 65.6 Å². The molecule has 11 heteroatoms. The summed E-state index contributed by atoms with van der Waals surface area (Å²) in [6.07, 6.45) is 1.47. The van der Waals surface area contributed by atoms with Gasteiger partial charge in [-0.25, -0.2) is 18.2 Å². The normalized spacial score (nSPS) is 18.2.